The number of carbonyl (C=O) groups is 2. The summed E-state index contributed by atoms with van der Waals surface area (Å²) in [5, 5.41) is 12.5. The normalized spacial score (nSPS) is 11.6. The summed E-state index contributed by atoms with van der Waals surface area (Å²) in [5.41, 5.74) is 1.36. The lowest BCUT2D eigenvalue weighted by molar-refractivity contribution is 0.0693. The second-order valence-electron chi connectivity index (χ2n) is 6.61. The number of aromatic carboxylic acids is 1. The molecule has 0 aliphatic heterocycles. The molecular weight excluding hydrogens is 409 g/mol. The number of ether oxygens (including phenoxy) is 1. The van der Waals surface area contributed by atoms with Gasteiger partial charge in [-0.1, -0.05) is 48.0 Å². The van der Waals surface area contributed by atoms with E-state index in [1.165, 1.54) is 24.3 Å². The van der Waals surface area contributed by atoms with Crippen molar-refractivity contribution in [1.82, 2.24) is 5.32 Å². The van der Waals surface area contributed by atoms with Crippen LogP contribution in [0.15, 0.2) is 66.7 Å². The minimum Gasteiger partial charge on any atom is -0.486 e. The minimum absolute atomic E-state index is 0.0407. The quantitative estimate of drug-likeness (QED) is 0.540. The smallest absolute Gasteiger partial charge is 0.336 e. The summed E-state index contributed by atoms with van der Waals surface area (Å²) in [6.45, 7) is 1.65. The molecule has 0 saturated carbocycles. The summed E-state index contributed by atoms with van der Waals surface area (Å²) in [6, 6.07) is 16.6. The number of para-hydroxylation sites is 1. The van der Waals surface area contributed by atoms with Gasteiger partial charge in [-0.25, -0.2) is 9.18 Å². The predicted molar refractivity (Wildman–Crippen MR) is 111 cm³/mol. The third-order valence-electron chi connectivity index (χ3n) is 4.54. The number of carbonyl (C=O) groups excluding carboxylic acids is 1. The SMILES string of the molecule is C[C@H](NC(=O)c1cc(Cl)ccc1COc1ccccc1F)c1ccccc1C(=O)O. The van der Waals surface area contributed by atoms with Crippen LogP contribution in [0.2, 0.25) is 5.02 Å². The van der Waals surface area contributed by atoms with E-state index in [1.54, 1.807) is 49.4 Å². The lowest BCUT2D eigenvalue weighted by Crippen LogP contribution is -2.29. The molecule has 3 aromatic rings. The van der Waals surface area contributed by atoms with Crippen molar-refractivity contribution in [3.63, 3.8) is 0 Å². The van der Waals surface area contributed by atoms with Crippen molar-refractivity contribution in [2.24, 2.45) is 0 Å². The summed E-state index contributed by atoms with van der Waals surface area (Å²) in [5.74, 6) is -1.95. The third kappa shape index (κ3) is 4.96. The average Bonchev–Trinajstić information content (AvgIpc) is 2.73. The van der Waals surface area contributed by atoms with Gasteiger partial charge in [0.15, 0.2) is 11.6 Å². The van der Waals surface area contributed by atoms with E-state index in [2.05, 4.69) is 5.32 Å². The number of rotatable bonds is 7. The fourth-order valence-electron chi connectivity index (χ4n) is 3.02. The molecule has 0 aliphatic carbocycles. The van der Waals surface area contributed by atoms with Crippen LogP contribution >= 0.6 is 11.6 Å². The van der Waals surface area contributed by atoms with Crippen molar-refractivity contribution in [3.8, 4) is 5.75 Å². The Bertz CT molecular complexity index is 1090. The molecule has 0 saturated heterocycles. The Hall–Kier alpha value is -3.38. The molecule has 0 radical (unpaired) electrons. The highest BCUT2D eigenvalue weighted by atomic mass is 35.5. The standard InChI is InChI=1S/C23H19ClFNO4/c1-14(17-6-2-3-7-18(17)23(28)29)26-22(27)19-12-16(24)11-10-15(19)13-30-21-9-5-4-8-20(21)25/h2-12,14H,13H2,1H3,(H,26,27)(H,28,29)/t14-/m0/s1. The van der Waals surface area contributed by atoms with E-state index in [1.807, 2.05) is 0 Å². The number of carboxylic acids is 1. The zero-order valence-electron chi connectivity index (χ0n) is 16.1. The molecule has 0 heterocycles. The fourth-order valence-corrected chi connectivity index (χ4v) is 3.20. The number of carboxylic acid groups (broad SMARTS) is 1. The highest BCUT2D eigenvalue weighted by Crippen LogP contribution is 2.23. The Morgan fingerprint density at radius 2 is 1.77 bits per heavy atom. The van der Waals surface area contributed by atoms with E-state index >= 15 is 0 Å². The number of halogens is 2. The molecule has 0 aromatic heterocycles. The second kappa shape index (κ2) is 9.41. The number of benzene rings is 3. The Kier molecular flexibility index (Phi) is 6.69. The van der Waals surface area contributed by atoms with Crippen LogP contribution in [0.1, 0.15) is 44.8 Å². The number of hydrogen-bond donors (Lipinski definition) is 2. The molecule has 0 aliphatic rings. The molecule has 0 unspecified atom stereocenters. The molecule has 3 aromatic carbocycles. The van der Waals surface area contributed by atoms with Crippen LogP contribution in [0.4, 0.5) is 4.39 Å². The van der Waals surface area contributed by atoms with Gasteiger partial charge in [0.1, 0.15) is 6.61 Å². The van der Waals surface area contributed by atoms with Crippen LogP contribution in [0, 0.1) is 5.82 Å². The largest absolute Gasteiger partial charge is 0.486 e. The molecule has 154 valence electrons. The molecule has 0 fully saturated rings. The molecule has 7 heteroatoms. The van der Waals surface area contributed by atoms with Crippen molar-refractivity contribution in [1.29, 1.82) is 0 Å². The van der Waals surface area contributed by atoms with Crippen molar-refractivity contribution in [2.45, 2.75) is 19.6 Å². The Morgan fingerprint density at radius 3 is 2.50 bits per heavy atom. The van der Waals surface area contributed by atoms with Gasteiger partial charge in [0, 0.05) is 16.1 Å². The number of amides is 1. The van der Waals surface area contributed by atoms with Gasteiger partial charge in [-0.15, -0.1) is 0 Å². The van der Waals surface area contributed by atoms with E-state index in [0.717, 1.165) is 0 Å². The summed E-state index contributed by atoms with van der Waals surface area (Å²) < 4.78 is 19.3. The van der Waals surface area contributed by atoms with Gasteiger partial charge in [-0.05, 0) is 42.8 Å². The fraction of sp³-hybridized carbons (Fsp3) is 0.130. The van der Waals surface area contributed by atoms with Gasteiger partial charge in [-0.3, -0.25) is 4.79 Å². The Balaban J connectivity index is 1.81. The maximum absolute atomic E-state index is 13.8. The summed E-state index contributed by atoms with van der Waals surface area (Å²) >= 11 is 6.07. The highest BCUT2D eigenvalue weighted by molar-refractivity contribution is 6.31. The first-order chi connectivity index (χ1) is 14.4. The van der Waals surface area contributed by atoms with Crippen LogP contribution in [0.25, 0.3) is 0 Å². The molecule has 0 spiro atoms. The number of hydrogen-bond acceptors (Lipinski definition) is 3. The van der Waals surface area contributed by atoms with E-state index in [0.29, 0.717) is 16.1 Å². The molecule has 5 nitrogen and oxygen atoms in total. The molecule has 1 amide bonds. The topological polar surface area (TPSA) is 75.6 Å². The zero-order valence-corrected chi connectivity index (χ0v) is 16.8. The maximum atomic E-state index is 13.8. The highest BCUT2D eigenvalue weighted by Gasteiger charge is 2.19. The van der Waals surface area contributed by atoms with E-state index in [9.17, 15) is 19.1 Å². The van der Waals surface area contributed by atoms with Crippen molar-refractivity contribution < 1.29 is 23.8 Å². The average molecular weight is 428 g/mol. The van der Waals surface area contributed by atoms with Crippen LogP contribution < -0.4 is 10.1 Å². The van der Waals surface area contributed by atoms with Crippen LogP contribution in [0.3, 0.4) is 0 Å². The predicted octanol–water partition coefficient (Wildman–Crippen LogP) is 5.25. The molecule has 3 rings (SSSR count). The Labute approximate surface area is 178 Å². The van der Waals surface area contributed by atoms with Crippen molar-refractivity contribution in [2.75, 3.05) is 0 Å². The molecule has 0 bridgehead atoms. The van der Waals surface area contributed by atoms with Crippen LogP contribution in [-0.2, 0) is 6.61 Å². The maximum Gasteiger partial charge on any atom is 0.336 e. The lowest BCUT2D eigenvalue weighted by atomic mass is 10.0. The molecule has 30 heavy (non-hydrogen) atoms. The summed E-state index contributed by atoms with van der Waals surface area (Å²) in [4.78, 5) is 24.4. The third-order valence-corrected chi connectivity index (χ3v) is 4.78. The first kappa shape index (κ1) is 21.3. The lowest BCUT2D eigenvalue weighted by Gasteiger charge is -2.18. The Morgan fingerprint density at radius 1 is 1.07 bits per heavy atom. The van der Waals surface area contributed by atoms with Crippen molar-refractivity contribution >= 4 is 23.5 Å². The first-order valence-electron chi connectivity index (χ1n) is 9.15. The molecule has 1 atom stereocenters. The van der Waals surface area contributed by atoms with Crippen LogP contribution in [0.5, 0.6) is 5.75 Å². The van der Waals surface area contributed by atoms with Gasteiger partial charge in [0.25, 0.3) is 5.91 Å². The van der Waals surface area contributed by atoms with E-state index in [-0.39, 0.29) is 23.5 Å². The molecule has 2 N–H and O–H groups in total. The second-order valence-corrected chi connectivity index (χ2v) is 7.04. The van der Waals surface area contributed by atoms with Gasteiger partial charge < -0.3 is 15.2 Å². The van der Waals surface area contributed by atoms with Gasteiger partial charge in [-0.2, -0.15) is 0 Å². The monoisotopic (exact) mass is 427 g/mol. The zero-order chi connectivity index (χ0) is 21.7. The molecular formula is C23H19ClFNO4. The minimum atomic E-state index is -1.08. The van der Waals surface area contributed by atoms with Gasteiger partial charge in [0.05, 0.1) is 11.6 Å². The van der Waals surface area contributed by atoms with E-state index in [4.69, 9.17) is 16.3 Å². The summed E-state index contributed by atoms with van der Waals surface area (Å²) in [7, 11) is 0. The van der Waals surface area contributed by atoms with Gasteiger partial charge in [0.2, 0.25) is 0 Å². The van der Waals surface area contributed by atoms with Crippen LogP contribution in [-0.4, -0.2) is 17.0 Å². The first-order valence-corrected chi connectivity index (χ1v) is 9.53. The van der Waals surface area contributed by atoms with Crippen molar-refractivity contribution in [3.05, 3.63) is 99.8 Å². The van der Waals surface area contributed by atoms with E-state index < -0.39 is 23.7 Å². The summed E-state index contributed by atoms with van der Waals surface area (Å²) in [6.07, 6.45) is 0. The van der Waals surface area contributed by atoms with Gasteiger partial charge >= 0.3 is 5.97 Å². The number of nitrogens with one attached hydrogen (secondary N) is 1.